The summed E-state index contributed by atoms with van der Waals surface area (Å²) in [5, 5.41) is 9.24. The van der Waals surface area contributed by atoms with Gasteiger partial charge in [0.1, 0.15) is 0 Å². The minimum Gasteiger partial charge on any atom is -0.394 e. The summed E-state index contributed by atoms with van der Waals surface area (Å²) in [5.74, 6) is -0.417. The number of aliphatic hydroxyl groups excluding tert-OH is 1. The van der Waals surface area contributed by atoms with Crippen LogP contribution in [0.5, 0.6) is 0 Å². The van der Waals surface area contributed by atoms with Crippen molar-refractivity contribution in [2.24, 2.45) is 5.73 Å². The van der Waals surface area contributed by atoms with Crippen molar-refractivity contribution in [1.82, 2.24) is 0 Å². The molecule has 2 aromatic rings. The van der Waals surface area contributed by atoms with Gasteiger partial charge >= 0.3 is 0 Å². The Kier molecular flexibility index (Phi) is 3.77. The van der Waals surface area contributed by atoms with Gasteiger partial charge in [-0.1, -0.05) is 41.9 Å². The highest BCUT2D eigenvalue weighted by Gasteiger charge is 2.68. The van der Waals surface area contributed by atoms with Crippen LogP contribution in [0.1, 0.15) is 11.5 Å². The Balaban J connectivity index is 2.01. The van der Waals surface area contributed by atoms with E-state index in [0.717, 1.165) is 5.56 Å². The minimum atomic E-state index is -3.64. The van der Waals surface area contributed by atoms with Gasteiger partial charge in [-0.05, 0) is 29.8 Å². The summed E-state index contributed by atoms with van der Waals surface area (Å²) >= 11 is 5.81. The zero-order chi connectivity index (χ0) is 16.0. The Morgan fingerprint density at radius 3 is 2.23 bits per heavy atom. The smallest absolute Gasteiger partial charge is 0.183 e. The van der Waals surface area contributed by atoms with Crippen molar-refractivity contribution in [3.8, 4) is 0 Å². The van der Waals surface area contributed by atoms with Gasteiger partial charge in [0.15, 0.2) is 9.84 Å². The summed E-state index contributed by atoms with van der Waals surface area (Å²) in [7, 11) is -3.64. The van der Waals surface area contributed by atoms with Crippen molar-refractivity contribution in [3.63, 3.8) is 0 Å². The number of hydrogen-bond acceptors (Lipinski definition) is 4. The van der Waals surface area contributed by atoms with Gasteiger partial charge in [0.25, 0.3) is 0 Å². The van der Waals surface area contributed by atoms with E-state index in [2.05, 4.69) is 0 Å². The molecule has 0 aromatic heterocycles. The predicted octanol–water partition coefficient (Wildman–Crippen LogP) is 1.97. The normalized spacial score (nSPS) is 27.6. The highest BCUT2D eigenvalue weighted by atomic mass is 35.5. The number of rotatable bonds is 4. The molecule has 3 rings (SSSR count). The summed E-state index contributed by atoms with van der Waals surface area (Å²) in [6.07, 6.45) is 0. The van der Waals surface area contributed by atoms with Crippen LogP contribution in [0.2, 0.25) is 5.02 Å². The van der Waals surface area contributed by atoms with Crippen LogP contribution in [0.15, 0.2) is 59.5 Å². The molecule has 2 aromatic carbocycles. The zero-order valence-electron chi connectivity index (χ0n) is 11.7. The second-order valence-electron chi connectivity index (χ2n) is 5.58. The first kappa shape index (κ1) is 15.5. The Morgan fingerprint density at radius 2 is 1.68 bits per heavy atom. The summed E-state index contributed by atoms with van der Waals surface area (Å²) in [6, 6.07) is 15.2. The van der Waals surface area contributed by atoms with Crippen LogP contribution in [-0.2, 0) is 9.84 Å². The number of nitrogens with two attached hydrogens (primary N) is 1. The first-order chi connectivity index (χ1) is 10.4. The minimum absolute atomic E-state index is 0.170. The van der Waals surface area contributed by atoms with Crippen LogP contribution in [0.25, 0.3) is 0 Å². The fourth-order valence-electron chi connectivity index (χ4n) is 3.00. The van der Waals surface area contributed by atoms with Gasteiger partial charge in [0.2, 0.25) is 0 Å². The molecule has 0 unspecified atom stereocenters. The number of halogens is 1. The molecular weight excluding hydrogens is 322 g/mol. The van der Waals surface area contributed by atoms with Crippen molar-refractivity contribution in [3.05, 3.63) is 65.2 Å². The Bertz CT molecular complexity index is 777. The highest BCUT2D eigenvalue weighted by molar-refractivity contribution is 7.92. The van der Waals surface area contributed by atoms with Crippen molar-refractivity contribution >= 4 is 21.4 Å². The summed E-state index contributed by atoms with van der Waals surface area (Å²) in [4.78, 5) is 0.170. The second kappa shape index (κ2) is 5.35. The van der Waals surface area contributed by atoms with E-state index in [4.69, 9.17) is 17.3 Å². The van der Waals surface area contributed by atoms with Gasteiger partial charge in [0.05, 0.1) is 22.3 Å². The van der Waals surface area contributed by atoms with Gasteiger partial charge in [-0.25, -0.2) is 8.42 Å². The predicted molar refractivity (Wildman–Crippen MR) is 85.6 cm³/mol. The topological polar surface area (TPSA) is 80.4 Å². The van der Waals surface area contributed by atoms with Crippen molar-refractivity contribution < 1.29 is 13.5 Å². The van der Waals surface area contributed by atoms with Crippen molar-refractivity contribution in [1.29, 1.82) is 0 Å². The molecule has 1 aliphatic rings. The third kappa shape index (κ3) is 2.34. The third-order valence-electron chi connectivity index (χ3n) is 4.21. The van der Waals surface area contributed by atoms with Crippen LogP contribution in [-0.4, -0.2) is 30.9 Å². The van der Waals surface area contributed by atoms with Crippen LogP contribution < -0.4 is 5.73 Å². The van der Waals surface area contributed by atoms with Crippen LogP contribution in [0.4, 0.5) is 0 Å². The van der Waals surface area contributed by atoms with E-state index in [9.17, 15) is 13.5 Å². The van der Waals surface area contributed by atoms with Crippen LogP contribution in [0, 0.1) is 0 Å². The lowest BCUT2D eigenvalue weighted by atomic mass is 10.1. The summed E-state index contributed by atoms with van der Waals surface area (Å²) in [6.45, 7) is -0.385. The van der Waals surface area contributed by atoms with E-state index in [1.165, 1.54) is 24.3 Å². The van der Waals surface area contributed by atoms with Crippen molar-refractivity contribution in [2.45, 2.75) is 21.6 Å². The van der Waals surface area contributed by atoms with Crippen LogP contribution >= 0.6 is 11.6 Å². The molecule has 0 heterocycles. The monoisotopic (exact) mass is 337 g/mol. The molecule has 0 radical (unpaired) electrons. The Morgan fingerprint density at radius 1 is 1.09 bits per heavy atom. The van der Waals surface area contributed by atoms with Crippen molar-refractivity contribution in [2.75, 3.05) is 6.61 Å². The lowest BCUT2D eigenvalue weighted by molar-refractivity contribution is 0.253. The molecule has 1 saturated carbocycles. The number of aliphatic hydroxyl groups is 1. The maximum absolute atomic E-state index is 12.8. The van der Waals surface area contributed by atoms with Gasteiger partial charge in [-0.3, -0.25) is 0 Å². The van der Waals surface area contributed by atoms with Gasteiger partial charge in [-0.15, -0.1) is 0 Å². The molecule has 0 saturated heterocycles. The molecule has 6 heteroatoms. The lowest BCUT2D eigenvalue weighted by Gasteiger charge is -2.08. The number of hydrogen-bond donors (Lipinski definition) is 2. The first-order valence-electron chi connectivity index (χ1n) is 6.85. The maximum Gasteiger partial charge on any atom is 0.183 e. The van der Waals surface area contributed by atoms with E-state index in [1.807, 2.05) is 30.3 Å². The number of sulfone groups is 1. The maximum atomic E-state index is 12.8. The van der Waals surface area contributed by atoms with Crippen LogP contribution in [0.3, 0.4) is 0 Å². The number of benzene rings is 2. The lowest BCUT2D eigenvalue weighted by Crippen LogP contribution is -2.35. The molecule has 116 valence electrons. The highest BCUT2D eigenvalue weighted by Crippen LogP contribution is 2.55. The van der Waals surface area contributed by atoms with E-state index in [0.29, 0.717) is 5.02 Å². The molecule has 4 nitrogen and oxygen atoms in total. The average Bonchev–Trinajstić information content (AvgIpc) is 3.16. The Hall–Kier alpha value is -1.40. The molecular formula is C16H16ClNO3S. The molecule has 0 spiro atoms. The molecule has 0 bridgehead atoms. The zero-order valence-corrected chi connectivity index (χ0v) is 13.3. The van der Waals surface area contributed by atoms with E-state index < -0.39 is 26.5 Å². The fraction of sp³-hybridized carbons (Fsp3) is 0.250. The molecule has 1 aliphatic carbocycles. The molecule has 3 N–H and O–H groups in total. The SMILES string of the molecule is N[C@]1(CO)[C@H](c2ccccc2)[C@H]1S(=O)(=O)c1ccc(Cl)cc1. The second-order valence-corrected chi connectivity index (χ2v) is 8.08. The molecule has 22 heavy (non-hydrogen) atoms. The first-order valence-corrected chi connectivity index (χ1v) is 8.78. The van der Waals surface area contributed by atoms with E-state index >= 15 is 0 Å². The molecule has 0 amide bonds. The molecule has 3 atom stereocenters. The standard InChI is InChI=1S/C16H16ClNO3S/c17-12-6-8-13(9-7-12)22(20,21)15-14(16(15,18)10-19)11-4-2-1-3-5-11/h1-9,14-15,19H,10,18H2/t14-,15-,16-/m1/s1. The third-order valence-corrected chi connectivity index (χ3v) is 6.77. The summed E-state index contributed by atoms with van der Waals surface area (Å²) < 4.78 is 25.7. The van der Waals surface area contributed by atoms with E-state index in [-0.39, 0.29) is 11.5 Å². The average molecular weight is 338 g/mol. The molecule has 1 fully saturated rings. The van der Waals surface area contributed by atoms with E-state index in [1.54, 1.807) is 0 Å². The fourth-order valence-corrected chi connectivity index (χ4v) is 5.42. The molecule has 0 aliphatic heterocycles. The largest absolute Gasteiger partial charge is 0.394 e. The van der Waals surface area contributed by atoms with Gasteiger partial charge < -0.3 is 10.8 Å². The quantitative estimate of drug-likeness (QED) is 0.893. The Labute approximate surface area is 134 Å². The summed E-state index contributed by atoms with van der Waals surface area (Å²) in [5.41, 5.74) is 5.83. The van der Waals surface area contributed by atoms with Gasteiger partial charge in [-0.2, -0.15) is 0 Å². The van der Waals surface area contributed by atoms with Gasteiger partial charge in [0, 0.05) is 10.9 Å².